The highest BCUT2D eigenvalue weighted by Crippen LogP contribution is 2.37. The van der Waals surface area contributed by atoms with E-state index in [9.17, 15) is 27.2 Å². The molecule has 1 fully saturated rings. The number of benzene rings is 1. The number of halogens is 4. The van der Waals surface area contributed by atoms with Crippen LogP contribution in [0.4, 0.5) is 17.6 Å². The monoisotopic (exact) mass is 386 g/mol. The van der Waals surface area contributed by atoms with Gasteiger partial charge in [0.25, 0.3) is 0 Å². The molecule has 0 spiro atoms. The Balaban J connectivity index is 1.69. The van der Waals surface area contributed by atoms with Gasteiger partial charge in [-0.15, -0.1) is 0 Å². The van der Waals surface area contributed by atoms with Gasteiger partial charge in [0, 0.05) is 18.7 Å². The predicted molar refractivity (Wildman–Crippen MR) is 82.9 cm³/mol. The molecule has 1 aliphatic heterocycles. The van der Waals surface area contributed by atoms with E-state index in [1.54, 1.807) is 0 Å². The number of alkyl halides is 3. The van der Waals surface area contributed by atoms with E-state index in [4.69, 9.17) is 9.52 Å². The van der Waals surface area contributed by atoms with Crippen LogP contribution < -0.4 is 0 Å². The molecule has 3 rings (SSSR count). The average Bonchev–Trinajstić information content (AvgIpc) is 3.22. The van der Waals surface area contributed by atoms with E-state index in [1.807, 2.05) is 0 Å². The van der Waals surface area contributed by atoms with Gasteiger partial charge < -0.3 is 14.4 Å². The van der Waals surface area contributed by atoms with Gasteiger partial charge in [-0.05, 0) is 24.3 Å². The lowest BCUT2D eigenvalue weighted by Gasteiger charge is -2.18. The smallest absolute Gasteiger partial charge is 0.394 e. The molecule has 2 atom stereocenters. The maximum atomic E-state index is 13.0. The molecule has 1 amide bonds. The molecule has 1 aromatic carbocycles. The molecule has 1 aromatic heterocycles. The standard InChI is InChI=1S/C17H14F4N2O4/c18-10-3-1-9(2-4-10)15-22-11(8-27-15)5-14(24)23-6-12(16(25)26)13(7-23)17(19,20)21/h1-4,8,12-13H,5-7H2,(H,25,26)/t12-,13-/m1/s1. The Hall–Kier alpha value is -2.91. The van der Waals surface area contributed by atoms with Crippen molar-refractivity contribution in [2.45, 2.75) is 12.6 Å². The first-order valence-electron chi connectivity index (χ1n) is 7.93. The molecule has 1 saturated heterocycles. The number of rotatable bonds is 4. The fourth-order valence-electron chi connectivity index (χ4n) is 2.97. The normalized spacial score (nSPS) is 20.1. The van der Waals surface area contributed by atoms with Crippen molar-refractivity contribution in [1.82, 2.24) is 9.88 Å². The van der Waals surface area contributed by atoms with E-state index in [2.05, 4.69) is 4.98 Å². The van der Waals surface area contributed by atoms with E-state index in [-0.39, 0.29) is 18.0 Å². The quantitative estimate of drug-likeness (QED) is 0.817. The zero-order chi connectivity index (χ0) is 19.8. The van der Waals surface area contributed by atoms with Crippen molar-refractivity contribution in [2.75, 3.05) is 13.1 Å². The summed E-state index contributed by atoms with van der Waals surface area (Å²) < 4.78 is 57.1. The minimum absolute atomic E-state index is 0.135. The Morgan fingerprint density at radius 1 is 1.22 bits per heavy atom. The molecular weight excluding hydrogens is 372 g/mol. The SMILES string of the molecule is O=C(O)[C@@H]1CN(C(=O)Cc2coc(-c3ccc(F)cc3)n2)C[C@H]1C(F)(F)F. The summed E-state index contributed by atoms with van der Waals surface area (Å²) >= 11 is 0. The van der Waals surface area contributed by atoms with Crippen molar-refractivity contribution >= 4 is 11.9 Å². The molecule has 10 heteroatoms. The summed E-state index contributed by atoms with van der Waals surface area (Å²) in [5.74, 6) is -6.37. The lowest BCUT2D eigenvalue weighted by atomic mass is 9.96. The van der Waals surface area contributed by atoms with Gasteiger partial charge in [0.15, 0.2) is 0 Å². The van der Waals surface area contributed by atoms with Crippen molar-refractivity contribution in [2.24, 2.45) is 11.8 Å². The zero-order valence-electron chi connectivity index (χ0n) is 13.7. The average molecular weight is 386 g/mol. The number of amides is 1. The van der Waals surface area contributed by atoms with Gasteiger partial charge in [-0.25, -0.2) is 9.37 Å². The van der Waals surface area contributed by atoms with Gasteiger partial charge in [0.05, 0.1) is 24.0 Å². The maximum absolute atomic E-state index is 13.0. The Labute approximate surface area is 150 Å². The number of aliphatic carboxylic acids is 1. The van der Waals surface area contributed by atoms with Gasteiger partial charge >= 0.3 is 12.1 Å². The Morgan fingerprint density at radius 2 is 1.89 bits per heavy atom. The molecule has 0 radical (unpaired) electrons. The second-order valence-electron chi connectivity index (χ2n) is 6.22. The Kier molecular flexibility index (Phi) is 4.90. The molecule has 27 heavy (non-hydrogen) atoms. The zero-order valence-corrected chi connectivity index (χ0v) is 13.7. The molecule has 2 aromatic rings. The molecule has 6 nitrogen and oxygen atoms in total. The highest BCUT2D eigenvalue weighted by atomic mass is 19.4. The largest absolute Gasteiger partial charge is 0.481 e. The summed E-state index contributed by atoms with van der Waals surface area (Å²) in [6, 6.07) is 5.27. The number of aromatic nitrogens is 1. The van der Waals surface area contributed by atoms with Crippen molar-refractivity contribution in [3.63, 3.8) is 0 Å². The first kappa shape index (κ1) is 18.9. The minimum Gasteiger partial charge on any atom is -0.481 e. The van der Waals surface area contributed by atoms with Crippen LogP contribution in [0.2, 0.25) is 0 Å². The van der Waals surface area contributed by atoms with Gasteiger partial charge in [0.2, 0.25) is 11.8 Å². The lowest BCUT2D eigenvalue weighted by molar-refractivity contribution is -0.188. The van der Waals surface area contributed by atoms with E-state index >= 15 is 0 Å². The van der Waals surface area contributed by atoms with Crippen molar-refractivity contribution < 1.29 is 36.7 Å². The van der Waals surface area contributed by atoms with E-state index in [0.29, 0.717) is 5.56 Å². The predicted octanol–water partition coefficient (Wildman–Crippen LogP) is 2.74. The van der Waals surface area contributed by atoms with Crippen LogP contribution in [0, 0.1) is 17.7 Å². The van der Waals surface area contributed by atoms with Crippen molar-refractivity contribution in [3.8, 4) is 11.5 Å². The number of carbonyl (C=O) groups excluding carboxylic acids is 1. The van der Waals surface area contributed by atoms with Crippen molar-refractivity contribution in [1.29, 1.82) is 0 Å². The number of hydrogen-bond donors (Lipinski definition) is 1. The molecule has 0 aliphatic carbocycles. The summed E-state index contributed by atoms with van der Waals surface area (Å²) in [7, 11) is 0. The molecule has 1 N–H and O–H groups in total. The number of hydrogen-bond acceptors (Lipinski definition) is 4. The fraction of sp³-hybridized carbons (Fsp3) is 0.353. The lowest BCUT2D eigenvalue weighted by Crippen LogP contribution is -2.34. The Morgan fingerprint density at radius 3 is 2.44 bits per heavy atom. The highest BCUT2D eigenvalue weighted by Gasteiger charge is 2.53. The van der Waals surface area contributed by atoms with Gasteiger partial charge in [-0.1, -0.05) is 0 Å². The molecule has 0 unspecified atom stereocenters. The highest BCUT2D eigenvalue weighted by molar-refractivity contribution is 5.80. The summed E-state index contributed by atoms with van der Waals surface area (Å²) in [6.45, 7) is -1.22. The summed E-state index contributed by atoms with van der Waals surface area (Å²) in [4.78, 5) is 28.3. The molecule has 1 aliphatic rings. The fourth-order valence-corrected chi connectivity index (χ4v) is 2.97. The summed E-state index contributed by atoms with van der Waals surface area (Å²) in [5, 5.41) is 8.99. The third-order valence-corrected chi connectivity index (χ3v) is 4.39. The molecule has 2 heterocycles. The number of carboxylic acids is 1. The van der Waals surface area contributed by atoms with Crippen LogP contribution in [0.1, 0.15) is 5.69 Å². The van der Waals surface area contributed by atoms with Crippen LogP contribution in [0.15, 0.2) is 34.9 Å². The second-order valence-corrected chi connectivity index (χ2v) is 6.22. The number of nitrogens with zero attached hydrogens (tertiary/aromatic N) is 2. The molecular formula is C17H14F4N2O4. The summed E-state index contributed by atoms with van der Waals surface area (Å²) in [5.41, 5.74) is 0.654. The number of oxazole rings is 1. The van der Waals surface area contributed by atoms with E-state index in [0.717, 1.165) is 4.90 Å². The Bertz CT molecular complexity index is 847. The van der Waals surface area contributed by atoms with Crippen LogP contribution in [-0.4, -0.2) is 46.1 Å². The molecule has 0 saturated carbocycles. The van der Waals surface area contributed by atoms with Gasteiger partial charge in [-0.2, -0.15) is 13.2 Å². The third-order valence-electron chi connectivity index (χ3n) is 4.39. The van der Waals surface area contributed by atoms with Crippen LogP contribution in [-0.2, 0) is 16.0 Å². The second kappa shape index (κ2) is 7.01. The molecule has 0 bridgehead atoms. The maximum Gasteiger partial charge on any atom is 0.394 e. The van der Waals surface area contributed by atoms with Crippen LogP contribution in [0.3, 0.4) is 0 Å². The van der Waals surface area contributed by atoms with Crippen LogP contribution in [0.5, 0.6) is 0 Å². The van der Waals surface area contributed by atoms with E-state index < -0.39 is 48.8 Å². The number of carbonyl (C=O) groups is 2. The van der Waals surface area contributed by atoms with Crippen LogP contribution in [0.25, 0.3) is 11.5 Å². The van der Waals surface area contributed by atoms with E-state index in [1.165, 1.54) is 30.5 Å². The minimum atomic E-state index is -4.71. The number of likely N-dealkylation sites (tertiary alicyclic amines) is 1. The first-order valence-corrected chi connectivity index (χ1v) is 7.93. The van der Waals surface area contributed by atoms with Crippen LogP contribution >= 0.6 is 0 Å². The van der Waals surface area contributed by atoms with Crippen molar-refractivity contribution in [3.05, 3.63) is 42.0 Å². The summed E-state index contributed by atoms with van der Waals surface area (Å²) in [6.07, 6.45) is -3.86. The first-order chi connectivity index (χ1) is 12.6. The van der Waals surface area contributed by atoms with Gasteiger partial charge in [0.1, 0.15) is 12.1 Å². The topological polar surface area (TPSA) is 83.6 Å². The molecule has 144 valence electrons. The third kappa shape index (κ3) is 4.09. The number of carboxylic acid groups (broad SMARTS) is 1. The van der Waals surface area contributed by atoms with Gasteiger partial charge in [-0.3, -0.25) is 9.59 Å².